The van der Waals surface area contributed by atoms with E-state index >= 15 is 0 Å². The van der Waals surface area contributed by atoms with Gasteiger partial charge in [0, 0.05) is 5.56 Å². The molecule has 9 heteroatoms. The Bertz CT molecular complexity index is 1260. The highest BCUT2D eigenvalue weighted by molar-refractivity contribution is 9.10. The molecule has 0 radical (unpaired) electrons. The Kier molecular flexibility index (Phi) is 6.47. The number of fused-ring (bicyclic) bond motifs is 1. The minimum absolute atomic E-state index is 0.0140. The van der Waals surface area contributed by atoms with Crippen molar-refractivity contribution in [1.82, 2.24) is 10.2 Å². The van der Waals surface area contributed by atoms with Crippen molar-refractivity contribution in [3.05, 3.63) is 63.5 Å². The number of hydrogen-bond acceptors (Lipinski definition) is 7. The first kappa shape index (κ1) is 22.6. The smallest absolute Gasteiger partial charge is 0.244 e. The second-order valence-electron chi connectivity index (χ2n) is 7.17. The third kappa shape index (κ3) is 4.10. The van der Waals surface area contributed by atoms with Crippen LogP contribution in [0.5, 0.6) is 23.1 Å². The number of nitrogens with zero attached hydrogens (tertiary/aromatic N) is 2. The number of benzene rings is 2. The van der Waals surface area contributed by atoms with Gasteiger partial charge in [0.25, 0.3) is 0 Å². The number of allylic oxidation sites excluding steroid dienone is 1. The molecule has 0 saturated carbocycles. The van der Waals surface area contributed by atoms with Gasteiger partial charge in [0.05, 0.1) is 42.0 Å². The monoisotopic (exact) mass is 510 g/mol. The summed E-state index contributed by atoms with van der Waals surface area (Å²) in [5, 5.41) is 17.4. The van der Waals surface area contributed by atoms with Crippen molar-refractivity contribution in [2.45, 2.75) is 19.8 Å². The fourth-order valence-corrected chi connectivity index (χ4v) is 4.47. The Morgan fingerprint density at radius 2 is 2.00 bits per heavy atom. The Hall–Kier alpha value is -3.64. The number of hydrogen-bond donors (Lipinski definition) is 2. The van der Waals surface area contributed by atoms with Crippen LogP contribution in [0, 0.1) is 11.3 Å². The van der Waals surface area contributed by atoms with Gasteiger partial charge in [-0.25, -0.2) is 0 Å². The molecule has 0 aliphatic carbocycles. The van der Waals surface area contributed by atoms with Crippen molar-refractivity contribution in [3.8, 4) is 40.5 Å². The summed E-state index contributed by atoms with van der Waals surface area (Å²) in [6, 6.07) is 13.6. The van der Waals surface area contributed by atoms with Crippen LogP contribution in [0.2, 0.25) is 0 Å². The number of aromatic nitrogens is 2. The molecule has 1 aliphatic heterocycles. The van der Waals surface area contributed by atoms with Gasteiger partial charge in [0.2, 0.25) is 11.8 Å². The van der Waals surface area contributed by atoms with Crippen LogP contribution in [-0.2, 0) is 0 Å². The number of H-pyrrole nitrogens is 1. The van der Waals surface area contributed by atoms with Crippen molar-refractivity contribution < 1.29 is 18.9 Å². The summed E-state index contributed by atoms with van der Waals surface area (Å²) in [6.45, 7) is 4.86. The lowest BCUT2D eigenvalue weighted by Gasteiger charge is -2.25. The molecule has 0 fully saturated rings. The van der Waals surface area contributed by atoms with E-state index < -0.39 is 5.92 Å². The number of ether oxygens (including phenoxy) is 4. The van der Waals surface area contributed by atoms with E-state index in [0.29, 0.717) is 46.3 Å². The maximum absolute atomic E-state index is 9.98. The molecule has 1 unspecified atom stereocenters. The van der Waals surface area contributed by atoms with Crippen LogP contribution in [0.4, 0.5) is 0 Å². The van der Waals surface area contributed by atoms with Crippen molar-refractivity contribution >= 4 is 15.9 Å². The fraction of sp³-hybridized carbons (Fsp3) is 0.250. The molecule has 0 amide bonds. The summed E-state index contributed by atoms with van der Waals surface area (Å²) in [6.07, 6.45) is 0. The van der Waals surface area contributed by atoms with Crippen molar-refractivity contribution in [2.75, 3.05) is 20.3 Å². The molecule has 2 heterocycles. The molecular formula is C24H23BrN4O4. The number of methoxy groups -OCH3 is 1. The molecule has 3 aromatic rings. The lowest BCUT2D eigenvalue weighted by molar-refractivity contribution is 0.308. The summed E-state index contributed by atoms with van der Waals surface area (Å²) in [5.41, 5.74) is 9.43. The molecule has 8 nitrogen and oxygen atoms in total. The van der Waals surface area contributed by atoms with E-state index in [2.05, 4.69) is 32.2 Å². The van der Waals surface area contributed by atoms with Gasteiger partial charge >= 0.3 is 0 Å². The van der Waals surface area contributed by atoms with Gasteiger partial charge in [-0.1, -0.05) is 12.1 Å². The van der Waals surface area contributed by atoms with Crippen LogP contribution < -0.4 is 24.7 Å². The summed E-state index contributed by atoms with van der Waals surface area (Å²) in [4.78, 5) is 0. The van der Waals surface area contributed by atoms with Gasteiger partial charge in [0.1, 0.15) is 17.4 Å². The van der Waals surface area contributed by atoms with Gasteiger partial charge in [-0.15, -0.1) is 5.10 Å². The van der Waals surface area contributed by atoms with Gasteiger partial charge in [-0.2, -0.15) is 5.26 Å². The average molecular weight is 511 g/mol. The number of rotatable bonds is 7. The van der Waals surface area contributed by atoms with E-state index in [0.717, 1.165) is 16.9 Å². The molecule has 0 saturated heterocycles. The van der Waals surface area contributed by atoms with E-state index in [1.165, 1.54) is 0 Å². The molecule has 0 spiro atoms. The summed E-state index contributed by atoms with van der Waals surface area (Å²) < 4.78 is 23.4. The van der Waals surface area contributed by atoms with Crippen LogP contribution in [0.15, 0.2) is 52.3 Å². The van der Waals surface area contributed by atoms with Crippen LogP contribution in [0.3, 0.4) is 0 Å². The van der Waals surface area contributed by atoms with Crippen LogP contribution >= 0.6 is 15.9 Å². The topological polar surface area (TPSA) is 115 Å². The fourth-order valence-electron chi connectivity index (χ4n) is 3.90. The van der Waals surface area contributed by atoms with E-state index in [-0.39, 0.29) is 11.5 Å². The summed E-state index contributed by atoms with van der Waals surface area (Å²) in [5.74, 6) is 1.64. The maximum Gasteiger partial charge on any atom is 0.244 e. The number of aromatic amines is 1. The first-order chi connectivity index (χ1) is 16.0. The molecular weight excluding hydrogens is 488 g/mol. The van der Waals surface area contributed by atoms with E-state index in [1.807, 2.05) is 50.2 Å². The van der Waals surface area contributed by atoms with Gasteiger partial charge in [0.15, 0.2) is 11.5 Å². The normalized spacial score (nSPS) is 14.8. The molecule has 170 valence electrons. The first-order valence-electron chi connectivity index (χ1n) is 10.4. The van der Waals surface area contributed by atoms with Crippen LogP contribution in [-0.4, -0.2) is 30.5 Å². The molecule has 1 aromatic heterocycles. The second kappa shape index (κ2) is 9.46. The van der Waals surface area contributed by atoms with Gasteiger partial charge in [-0.3, -0.25) is 5.10 Å². The predicted molar refractivity (Wildman–Crippen MR) is 126 cm³/mol. The van der Waals surface area contributed by atoms with Crippen LogP contribution in [0.25, 0.3) is 11.3 Å². The lowest BCUT2D eigenvalue weighted by atomic mass is 9.83. The molecule has 2 aromatic carbocycles. The lowest BCUT2D eigenvalue weighted by Crippen LogP contribution is -2.21. The van der Waals surface area contributed by atoms with Crippen molar-refractivity contribution in [1.29, 1.82) is 5.26 Å². The third-order valence-electron chi connectivity index (χ3n) is 5.25. The SMILES string of the molecule is CCOc1cccc(-c2[nH]nc3c2C(c2cc(Br)c(OCC)c(OC)c2)C(C#N)=C(N)O3)c1. The maximum atomic E-state index is 9.98. The average Bonchev–Trinajstić information content (AvgIpc) is 3.23. The minimum atomic E-state index is -0.538. The summed E-state index contributed by atoms with van der Waals surface area (Å²) >= 11 is 3.58. The van der Waals surface area contributed by atoms with E-state index in [1.54, 1.807) is 7.11 Å². The largest absolute Gasteiger partial charge is 0.494 e. The highest BCUT2D eigenvalue weighted by Crippen LogP contribution is 2.48. The predicted octanol–water partition coefficient (Wildman–Crippen LogP) is 4.86. The third-order valence-corrected chi connectivity index (χ3v) is 5.84. The summed E-state index contributed by atoms with van der Waals surface area (Å²) in [7, 11) is 1.57. The Morgan fingerprint density at radius 3 is 2.70 bits per heavy atom. The molecule has 3 N–H and O–H groups in total. The number of nitrogens with two attached hydrogens (primary N) is 1. The second-order valence-corrected chi connectivity index (χ2v) is 8.02. The Labute approximate surface area is 200 Å². The standard InChI is InChI=1S/C24H23BrN4O4/c1-4-31-15-8-6-7-13(9-15)21-20-19(16(12-26)23(27)33-24(20)29-28-21)14-10-17(25)22(32-5-2)18(11-14)30-3/h6-11,19H,4-5,27H2,1-3H3,(H,28,29). The first-order valence-corrected chi connectivity index (χ1v) is 11.2. The zero-order valence-electron chi connectivity index (χ0n) is 18.4. The van der Waals surface area contributed by atoms with Crippen LogP contribution in [0.1, 0.15) is 30.9 Å². The molecule has 0 bridgehead atoms. The zero-order chi connectivity index (χ0) is 23.5. The number of halogens is 1. The minimum Gasteiger partial charge on any atom is -0.494 e. The highest BCUT2D eigenvalue weighted by Gasteiger charge is 2.36. The number of nitrogens with one attached hydrogen (secondary N) is 1. The highest BCUT2D eigenvalue weighted by atomic mass is 79.9. The van der Waals surface area contributed by atoms with Crippen molar-refractivity contribution in [2.24, 2.45) is 5.73 Å². The van der Waals surface area contributed by atoms with E-state index in [4.69, 9.17) is 24.7 Å². The van der Waals surface area contributed by atoms with Crippen molar-refractivity contribution in [3.63, 3.8) is 0 Å². The van der Waals surface area contributed by atoms with Gasteiger partial charge < -0.3 is 24.7 Å². The Morgan fingerprint density at radius 1 is 1.21 bits per heavy atom. The molecule has 1 aliphatic rings. The molecule has 1 atom stereocenters. The van der Waals surface area contributed by atoms with E-state index in [9.17, 15) is 5.26 Å². The van der Waals surface area contributed by atoms with Gasteiger partial charge in [-0.05, 0) is 59.6 Å². The zero-order valence-corrected chi connectivity index (χ0v) is 20.0. The number of nitriles is 1. The molecule has 4 rings (SSSR count). The quantitative estimate of drug-likeness (QED) is 0.465. The Balaban J connectivity index is 1.92. The molecule has 33 heavy (non-hydrogen) atoms.